The van der Waals surface area contributed by atoms with Crippen LogP contribution in [-0.4, -0.2) is 42.0 Å². The number of benzene rings is 1. The molecule has 0 aliphatic carbocycles. The number of likely N-dealkylation sites (tertiary alicyclic amines) is 1. The van der Waals surface area contributed by atoms with Crippen LogP contribution in [0.15, 0.2) is 18.2 Å². The van der Waals surface area contributed by atoms with Gasteiger partial charge in [0.1, 0.15) is 0 Å². The third-order valence-electron chi connectivity index (χ3n) is 3.54. The zero-order valence-corrected chi connectivity index (χ0v) is 12.0. The Morgan fingerprint density at radius 1 is 1.45 bits per heavy atom. The standard InChI is InChI=1S/C14H17ClN2O3/c1-16-12-5-4-10(15)7-11(12)13(18)17-6-2-3-9(8-17)14(19)20/h4-5,7,9,16H,2-3,6,8H2,1H3,(H,19,20). The molecule has 1 amide bonds. The first-order valence-corrected chi connectivity index (χ1v) is 6.90. The number of amides is 1. The number of nitrogens with one attached hydrogen (secondary N) is 1. The number of hydrogen-bond donors (Lipinski definition) is 2. The summed E-state index contributed by atoms with van der Waals surface area (Å²) in [5, 5.41) is 12.5. The third-order valence-corrected chi connectivity index (χ3v) is 3.77. The minimum Gasteiger partial charge on any atom is -0.481 e. The molecule has 0 saturated carbocycles. The second kappa shape index (κ2) is 6.13. The first-order chi connectivity index (χ1) is 9.52. The Kier molecular flexibility index (Phi) is 4.49. The van der Waals surface area contributed by atoms with Crippen molar-refractivity contribution in [2.45, 2.75) is 12.8 Å². The molecule has 2 N–H and O–H groups in total. The molecule has 1 atom stereocenters. The molecule has 2 rings (SSSR count). The molecule has 5 nitrogen and oxygen atoms in total. The summed E-state index contributed by atoms with van der Waals surface area (Å²) in [6.07, 6.45) is 1.33. The number of carbonyl (C=O) groups is 2. The van der Waals surface area contributed by atoms with Gasteiger partial charge in [0.2, 0.25) is 0 Å². The van der Waals surface area contributed by atoms with E-state index in [0.717, 1.165) is 0 Å². The van der Waals surface area contributed by atoms with E-state index in [1.54, 1.807) is 30.1 Å². The summed E-state index contributed by atoms with van der Waals surface area (Å²) in [6.45, 7) is 0.835. The number of anilines is 1. The molecule has 1 aromatic rings. The average molecular weight is 297 g/mol. The molecule has 0 spiro atoms. The predicted molar refractivity (Wildman–Crippen MR) is 77.3 cm³/mol. The van der Waals surface area contributed by atoms with Crippen molar-refractivity contribution in [1.29, 1.82) is 0 Å². The number of halogens is 1. The molecule has 20 heavy (non-hydrogen) atoms. The maximum absolute atomic E-state index is 12.5. The molecular weight excluding hydrogens is 280 g/mol. The van der Waals surface area contributed by atoms with E-state index in [9.17, 15) is 9.59 Å². The van der Waals surface area contributed by atoms with Gasteiger partial charge in [-0.3, -0.25) is 9.59 Å². The molecule has 1 saturated heterocycles. The molecule has 1 aliphatic rings. The molecular formula is C14H17ClN2O3. The SMILES string of the molecule is CNc1ccc(Cl)cc1C(=O)N1CCCC(C(=O)O)C1. The van der Waals surface area contributed by atoms with Crippen molar-refractivity contribution in [1.82, 2.24) is 4.90 Å². The zero-order valence-electron chi connectivity index (χ0n) is 11.2. The van der Waals surface area contributed by atoms with Crippen LogP contribution in [-0.2, 0) is 4.79 Å². The molecule has 1 fully saturated rings. The van der Waals surface area contributed by atoms with E-state index in [2.05, 4.69) is 5.32 Å². The number of carbonyl (C=O) groups excluding carboxylic acids is 1. The van der Waals surface area contributed by atoms with E-state index in [1.807, 2.05) is 0 Å². The van der Waals surface area contributed by atoms with Gasteiger partial charge in [-0.05, 0) is 31.0 Å². The van der Waals surface area contributed by atoms with E-state index >= 15 is 0 Å². The molecule has 1 heterocycles. The average Bonchev–Trinajstić information content (AvgIpc) is 2.46. The van der Waals surface area contributed by atoms with E-state index in [4.69, 9.17) is 16.7 Å². The highest BCUT2D eigenvalue weighted by Gasteiger charge is 2.29. The van der Waals surface area contributed by atoms with E-state index < -0.39 is 11.9 Å². The highest BCUT2D eigenvalue weighted by molar-refractivity contribution is 6.31. The molecule has 1 aromatic carbocycles. The second-order valence-corrected chi connectivity index (χ2v) is 5.30. The predicted octanol–water partition coefficient (Wildman–Crippen LogP) is 2.32. The lowest BCUT2D eigenvalue weighted by molar-refractivity contribution is -0.143. The molecule has 1 aliphatic heterocycles. The van der Waals surface area contributed by atoms with Crippen molar-refractivity contribution >= 4 is 29.2 Å². The number of carboxylic acid groups (broad SMARTS) is 1. The van der Waals surface area contributed by atoms with Crippen LogP contribution in [0, 0.1) is 5.92 Å². The van der Waals surface area contributed by atoms with Gasteiger partial charge in [-0.1, -0.05) is 11.6 Å². The first kappa shape index (κ1) is 14.7. The maximum atomic E-state index is 12.5. The lowest BCUT2D eigenvalue weighted by Gasteiger charge is -2.31. The summed E-state index contributed by atoms with van der Waals surface area (Å²) in [7, 11) is 1.73. The molecule has 6 heteroatoms. The summed E-state index contributed by atoms with van der Waals surface area (Å²) in [5.41, 5.74) is 1.17. The minimum atomic E-state index is -0.845. The largest absolute Gasteiger partial charge is 0.481 e. The Labute approximate surface area is 122 Å². The number of piperidine rings is 1. The quantitative estimate of drug-likeness (QED) is 0.898. The zero-order chi connectivity index (χ0) is 14.7. The van der Waals surface area contributed by atoms with E-state index in [0.29, 0.717) is 35.7 Å². The van der Waals surface area contributed by atoms with Gasteiger partial charge in [0.25, 0.3) is 5.91 Å². The van der Waals surface area contributed by atoms with Crippen LogP contribution in [0.5, 0.6) is 0 Å². The van der Waals surface area contributed by atoms with Crippen molar-refractivity contribution < 1.29 is 14.7 Å². The van der Waals surface area contributed by atoms with Crippen LogP contribution in [0.1, 0.15) is 23.2 Å². The van der Waals surface area contributed by atoms with Crippen molar-refractivity contribution in [2.75, 3.05) is 25.5 Å². The molecule has 1 unspecified atom stereocenters. The van der Waals surface area contributed by atoms with Crippen LogP contribution in [0.4, 0.5) is 5.69 Å². The van der Waals surface area contributed by atoms with E-state index in [-0.39, 0.29) is 12.5 Å². The molecule has 108 valence electrons. The Morgan fingerprint density at radius 3 is 2.85 bits per heavy atom. The van der Waals surface area contributed by atoms with Crippen molar-refractivity contribution in [3.8, 4) is 0 Å². The van der Waals surface area contributed by atoms with Gasteiger partial charge in [0.05, 0.1) is 11.5 Å². The summed E-state index contributed by atoms with van der Waals surface area (Å²) in [4.78, 5) is 25.2. The third kappa shape index (κ3) is 3.04. The van der Waals surface area contributed by atoms with Crippen LogP contribution in [0.3, 0.4) is 0 Å². The lowest BCUT2D eigenvalue weighted by atomic mass is 9.97. The fourth-order valence-corrected chi connectivity index (χ4v) is 2.62. The summed E-state index contributed by atoms with van der Waals surface area (Å²) in [6, 6.07) is 5.06. The van der Waals surface area contributed by atoms with Crippen molar-refractivity contribution in [2.24, 2.45) is 5.92 Å². The number of rotatable bonds is 3. The van der Waals surface area contributed by atoms with Crippen LogP contribution in [0.25, 0.3) is 0 Å². The fraction of sp³-hybridized carbons (Fsp3) is 0.429. The Morgan fingerprint density at radius 2 is 2.20 bits per heavy atom. The van der Waals surface area contributed by atoms with Crippen molar-refractivity contribution in [3.05, 3.63) is 28.8 Å². The fourth-order valence-electron chi connectivity index (χ4n) is 2.44. The van der Waals surface area contributed by atoms with Crippen LogP contribution >= 0.6 is 11.6 Å². The highest BCUT2D eigenvalue weighted by Crippen LogP contribution is 2.24. The number of hydrogen-bond acceptors (Lipinski definition) is 3. The van der Waals surface area contributed by atoms with Gasteiger partial charge in [0.15, 0.2) is 0 Å². The molecule has 0 radical (unpaired) electrons. The van der Waals surface area contributed by atoms with Crippen molar-refractivity contribution in [3.63, 3.8) is 0 Å². The normalized spacial score (nSPS) is 18.7. The second-order valence-electron chi connectivity index (χ2n) is 4.87. The minimum absolute atomic E-state index is 0.178. The molecule has 0 bridgehead atoms. The van der Waals surface area contributed by atoms with Crippen LogP contribution in [0.2, 0.25) is 5.02 Å². The Bertz CT molecular complexity index is 533. The van der Waals surface area contributed by atoms with Gasteiger partial charge in [-0.2, -0.15) is 0 Å². The first-order valence-electron chi connectivity index (χ1n) is 6.52. The van der Waals surface area contributed by atoms with Gasteiger partial charge in [-0.15, -0.1) is 0 Å². The van der Waals surface area contributed by atoms with Gasteiger partial charge in [-0.25, -0.2) is 0 Å². The van der Waals surface area contributed by atoms with Gasteiger partial charge in [0, 0.05) is 30.8 Å². The monoisotopic (exact) mass is 296 g/mol. The summed E-state index contributed by atoms with van der Waals surface area (Å²) in [5.74, 6) is -1.50. The summed E-state index contributed by atoms with van der Waals surface area (Å²) < 4.78 is 0. The molecule has 0 aromatic heterocycles. The number of aliphatic carboxylic acids is 1. The highest BCUT2D eigenvalue weighted by atomic mass is 35.5. The topological polar surface area (TPSA) is 69.6 Å². The Hall–Kier alpha value is -1.75. The lowest BCUT2D eigenvalue weighted by Crippen LogP contribution is -2.42. The van der Waals surface area contributed by atoms with Gasteiger partial charge >= 0.3 is 5.97 Å². The smallest absolute Gasteiger partial charge is 0.308 e. The van der Waals surface area contributed by atoms with Crippen LogP contribution < -0.4 is 5.32 Å². The van der Waals surface area contributed by atoms with Gasteiger partial charge < -0.3 is 15.3 Å². The number of carboxylic acids is 1. The number of nitrogens with zero attached hydrogens (tertiary/aromatic N) is 1. The Balaban J connectivity index is 2.22. The summed E-state index contributed by atoms with van der Waals surface area (Å²) >= 11 is 5.94. The van der Waals surface area contributed by atoms with E-state index in [1.165, 1.54) is 0 Å². The maximum Gasteiger partial charge on any atom is 0.308 e.